The number of rotatable bonds is 4. The van der Waals surface area contributed by atoms with Crippen LogP contribution in [0.4, 0.5) is 14.5 Å². The van der Waals surface area contributed by atoms with E-state index in [1.165, 1.54) is 12.1 Å². The van der Waals surface area contributed by atoms with E-state index >= 15 is 0 Å². The summed E-state index contributed by atoms with van der Waals surface area (Å²) in [6, 6.07) is 11.4. The summed E-state index contributed by atoms with van der Waals surface area (Å²) < 4.78 is 28.8. The number of fused-ring (bicyclic) bond motifs is 1. The molecule has 2 amide bonds. The van der Waals surface area contributed by atoms with Crippen LogP contribution in [0.5, 0.6) is 0 Å². The number of amides is 2. The molecule has 2 aromatic carbocycles. The third-order valence-electron chi connectivity index (χ3n) is 7.53. The van der Waals surface area contributed by atoms with Crippen molar-refractivity contribution >= 4 is 17.5 Å². The number of hydrogen-bond donors (Lipinski definition) is 2. The van der Waals surface area contributed by atoms with Crippen LogP contribution in [-0.4, -0.2) is 48.9 Å². The highest BCUT2D eigenvalue weighted by atomic mass is 19.1. The lowest BCUT2D eigenvalue weighted by Crippen LogP contribution is -2.60. The van der Waals surface area contributed by atoms with Crippen molar-refractivity contribution in [3.05, 3.63) is 65.2 Å². The van der Waals surface area contributed by atoms with Crippen LogP contribution in [0.2, 0.25) is 0 Å². The van der Waals surface area contributed by atoms with Crippen molar-refractivity contribution in [1.29, 1.82) is 0 Å². The first-order chi connectivity index (χ1) is 16.5. The van der Waals surface area contributed by atoms with E-state index in [4.69, 9.17) is 0 Å². The zero-order chi connectivity index (χ0) is 23.7. The quantitative estimate of drug-likeness (QED) is 0.723. The number of benzene rings is 2. The van der Waals surface area contributed by atoms with Crippen molar-refractivity contribution in [2.75, 3.05) is 31.1 Å². The van der Waals surface area contributed by atoms with Gasteiger partial charge in [-0.1, -0.05) is 31.0 Å². The molecule has 8 heteroatoms. The molecule has 34 heavy (non-hydrogen) atoms. The Bertz CT molecular complexity index is 1070. The van der Waals surface area contributed by atoms with Crippen molar-refractivity contribution in [3.63, 3.8) is 0 Å². The minimum Gasteiger partial charge on any atom is -0.366 e. The molecule has 0 bridgehead atoms. The van der Waals surface area contributed by atoms with E-state index in [1.54, 1.807) is 35.2 Å². The molecule has 6 nitrogen and oxygen atoms in total. The molecular formula is C26H30F2N4O2. The summed E-state index contributed by atoms with van der Waals surface area (Å²) in [6.45, 7) is 1.78. The average molecular weight is 469 g/mol. The van der Waals surface area contributed by atoms with Gasteiger partial charge in [0.25, 0.3) is 5.91 Å². The predicted molar refractivity (Wildman–Crippen MR) is 125 cm³/mol. The summed E-state index contributed by atoms with van der Waals surface area (Å²) in [7, 11) is 0. The number of nitrogens with zero attached hydrogens (tertiary/aromatic N) is 2. The van der Waals surface area contributed by atoms with Crippen LogP contribution in [0.1, 0.15) is 41.6 Å². The van der Waals surface area contributed by atoms with E-state index in [9.17, 15) is 18.4 Å². The second kappa shape index (κ2) is 9.70. The molecule has 2 aliphatic heterocycles. The third-order valence-corrected chi connectivity index (χ3v) is 7.53. The fourth-order valence-electron chi connectivity index (χ4n) is 5.68. The molecule has 0 radical (unpaired) electrons. The van der Waals surface area contributed by atoms with Crippen LogP contribution in [0.15, 0.2) is 42.5 Å². The molecule has 3 fully saturated rings. The van der Waals surface area contributed by atoms with Gasteiger partial charge in [-0.25, -0.2) is 14.2 Å². The van der Waals surface area contributed by atoms with Crippen LogP contribution in [0.25, 0.3) is 0 Å². The van der Waals surface area contributed by atoms with E-state index in [1.807, 2.05) is 4.90 Å². The van der Waals surface area contributed by atoms with Crippen LogP contribution < -0.4 is 15.8 Å². The Hall–Kier alpha value is -3.00. The van der Waals surface area contributed by atoms with Crippen molar-refractivity contribution in [2.45, 2.75) is 38.1 Å². The Kier molecular flexibility index (Phi) is 6.50. The molecule has 3 atom stereocenters. The van der Waals surface area contributed by atoms with Gasteiger partial charge in [0.2, 0.25) is 5.91 Å². The largest absolute Gasteiger partial charge is 0.366 e. The molecule has 2 heterocycles. The number of hydrazine groups is 1. The van der Waals surface area contributed by atoms with Gasteiger partial charge in [-0.05, 0) is 55.0 Å². The van der Waals surface area contributed by atoms with Gasteiger partial charge in [-0.15, -0.1) is 0 Å². The number of halogens is 2. The predicted octanol–water partition coefficient (Wildman–Crippen LogP) is 3.28. The molecule has 0 aromatic heterocycles. The summed E-state index contributed by atoms with van der Waals surface area (Å²) in [5.74, 6) is -0.830. The van der Waals surface area contributed by atoms with Crippen molar-refractivity contribution in [1.82, 2.24) is 15.8 Å². The highest BCUT2D eigenvalue weighted by molar-refractivity contribution is 5.95. The SMILES string of the molecule is O=C1NNC(Cc2ccc(F)c(C(=O)N3CCN(c4ccccc4F)CC3)c2)C2CCCCC12. The van der Waals surface area contributed by atoms with Crippen LogP contribution in [0.3, 0.4) is 0 Å². The molecule has 0 spiro atoms. The van der Waals surface area contributed by atoms with Crippen molar-refractivity contribution < 1.29 is 18.4 Å². The topological polar surface area (TPSA) is 64.7 Å². The molecule has 2 N–H and O–H groups in total. The van der Waals surface area contributed by atoms with Gasteiger partial charge < -0.3 is 9.80 Å². The Morgan fingerprint density at radius 1 is 0.971 bits per heavy atom. The molecule has 2 saturated heterocycles. The Morgan fingerprint density at radius 2 is 1.74 bits per heavy atom. The lowest BCUT2D eigenvalue weighted by Gasteiger charge is -2.41. The zero-order valence-corrected chi connectivity index (χ0v) is 19.1. The van der Waals surface area contributed by atoms with Crippen LogP contribution in [-0.2, 0) is 11.2 Å². The van der Waals surface area contributed by atoms with E-state index in [0.717, 1.165) is 31.2 Å². The number of carbonyl (C=O) groups excluding carboxylic acids is 2. The summed E-state index contributed by atoms with van der Waals surface area (Å²) in [6.07, 6.45) is 4.69. The lowest BCUT2D eigenvalue weighted by molar-refractivity contribution is -0.133. The number of anilines is 1. The minimum atomic E-state index is -0.536. The second-order valence-corrected chi connectivity index (χ2v) is 9.54. The van der Waals surface area contributed by atoms with E-state index < -0.39 is 5.82 Å². The maximum Gasteiger partial charge on any atom is 0.256 e. The van der Waals surface area contributed by atoms with E-state index in [2.05, 4.69) is 10.9 Å². The molecule has 2 aromatic rings. The Morgan fingerprint density at radius 3 is 2.53 bits per heavy atom. The number of carbonyl (C=O) groups is 2. The minimum absolute atomic E-state index is 0.0206. The number of piperazine rings is 1. The molecule has 1 saturated carbocycles. The molecule has 1 aliphatic carbocycles. The molecule has 3 aliphatic rings. The smallest absolute Gasteiger partial charge is 0.256 e. The normalized spacial score (nSPS) is 25.0. The van der Waals surface area contributed by atoms with Crippen LogP contribution >= 0.6 is 0 Å². The first kappa shape index (κ1) is 22.8. The van der Waals surface area contributed by atoms with Crippen molar-refractivity contribution in [3.8, 4) is 0 Å². The lowest BCUT2D eigenvalue weighted by atomic mass is 9.72. The fourth-order valence-corrected chi connectivity index (χ4v) is 5.68. The molecule has 5 rings (SSSR count). The second-order valence-electron chi connectivity index (χ2n) is 9.54. The number of nitrogens with one attached hydrogen (secondary N) is 2. The first-order valence-electron chi connectivity index (χ1n) is 12.1. The van der Waals surface area contributed by atoms with Gasteiger partial charge >= 0.3 is 0 Å². The van der Waals surface area contributed by atoms with E-state index in [-0.39, 0.29) is 41.1 Å². The highest BCUT2D eigenvalue weighted by Crippen LogP contribution is 2.35. The number of hydrogen-bond acceptors (Lipinski definition) is 4. The first-order valence-corrected chi connectivity index (χ1v) is 12.1. The summed E-state index contributed by atoms with van der Waals surface area (Å²) >= 11 is 0. The summed E-state index contributed by atoms with van der Waals surface area (Å²) in [4.78, 5) is 28.9. The highest BCUT2D eigenvalue weighted by Gasteiger charge is 2.40. The van der Waals surface area contributed by atoms with Gasteiger partial charge in [0.1, 0.15) is 11.6 Å². The van der Waals surface area contributed by atoms with Gasteiger partial charge in [-0.3, -0.25) is 15.0 Å². The molecular weight excluding hydrogens is 438 g/mol. The average Bonchev–Trinajstić information content (AvgIpc) is 2.87. The van der Waals surface area contributed by atoms with Crippen LogP contribution in [0, 0.1) is 23.5 Å². The summed E-state index contributed by atoms with van der Waals surface area (Å²) in [5, 5.41) is 0. The van der Waals surface area contributed by atoms with Crippen molar-refractivity contribution in [2.24, 2.45) is 11.8 Å². The standard InChI is InChI=1S/C26H30F2N4O2/c27-21-10-9-17(16-23-18-5-1-2-6-19(18)25(33)30-29-23)15-20(21)26(34)32-13-11-31(12-14-32)24-8-4-3-7-22(24)28/h3-4,7-10,15,18-19,23,29H,1-2,5-6,11-14,16H2,(H,30,33). The number of para-hydroxylation sites is 1. The maximum absolute atomic E-state index is 14.7. The zero-order valence-electron chi connectivity index (χ0n) is 19.1. The fraction of sp³-hybridized carbons (Fsp3) is 0.462. The van der Waals surface area contributed by atoms with Gasteiger partial charge in [0.15, 0.2) is 0 Å². The van der Waals surface area contributed by atoms with E-state index in [0.29, 0.717) is 38.3 Å². The van der Waals surface area contributed by atoms with Gasteiger partial charge in [0, 0.05) is 38.1 Å². The monoisotopic (exact) mass is 468 g/mol. The Labute approximate surface area is 198 Å². The van der Waals surface area contributed by atoms with Gasteiger partial charge in [0.05, 0.1) is 11.3 Å². The molecule has 3 unspecified atom stereocenters. The maximum atomic E-state index is 14.7. The van der Waals surface area contributed by atoms with Gasteiger partial charge in [-0.2, -0.15) is 0 Å². The third kappa shape index (κ3) is 4.51. The molecule has 180 valence electrons. The Balaban J connectivity index is 1.26. The summed E-state index contributed by atoms with van der Waals surface area (Å²) in [5.41, 5.74) is 7.41.